The quantitative estimate of drug-likeness (QED) is 0.0220. The summed E-state index contributed by atoms with van der Waals surface area (Å²) in [6.45, 7) is 2.33. The van der Waals surface area contributed by atoms with E-state index in [1.165, 1.54) is 55.5 Å². The lowest BCUT2D eigenvalue weighted by Crippen LogP contribution is -2.62. The number of hydrogen-bond acceptors (Lipinski definition) is 20. The molecule has 0 heterocycles. The molecule has 0 aliphatic heterocycles. The molecule has 10 amide bonds. The fraction of sp³-hybridized carbons (Fsp3) is 0.510. The van der Waals surface area contributed by atoms with Crippen molar-refractivity contribution < 1.29 is 93.0 Å². The maximum Gasteiger partial charge on any atom is 0.326 e. The number of phenols is 2. The lowest BCUT2D eigenvalue weighted by molar-refractivity contribution is -0.142. The van der Waals surface area contributed by atoms with Gasteiger partial charge in [-0.15, -0.1) is 0 Å². The Morgan fingerprint density at radius 1 is 0.476 bits per heavy atom. The van der Waals surface area contributed by atoms with Gasteiger partial charge in [0, 0.05) is 30.8 Å². The summed E-state index contributed by atoms with van der Waals surface area (Å²) in [6, 6.07) is -5.05. The summed E-state index contributed by atoms with van der Waals surface area (Å²) in [7, 11) is 0. The van der Waals surface area contributed by atoms with Gasteiger partial charge in [-0.1, -0.05) is 24.3 Å². The average molecular weight is 1220 g/mol. The van der Waals surface area contributed by atoms with Gasteiger partial charge >= 0.3 is 17.9 Å². The SMILES string of the molecule is C[C@H](NC(=O)[C@H](CCC(N)=O)NC(=O)[C@H](CCCCN)NC(=O)[C@H](CCC(=O)O)NC(=O)[C@H](CC(=O)O)NC(=O)[C@@H](NC(=O)[C@H](CS)NC(=O)[C@@H](N)Cc1ccc(O)cc1)[C@@H](C)O)C(=O)N[C@@H](CS)C(=O)N[C@@H](Cc1ccc(O)cc1)C(=O)O. The Balaban J connectivity index is 2.31. The Morgan fingerprint density at radius 3 is 1.33 bits per heavy atom. The van der Waals surface area contributed by atoms with Crippen molar-refractivity contribution >= 4 is 102 Å². The van der Waals surface area contributed by atoms with Gasteiger partial charge in [0.1, 0.15) is 65.9 Å². The maximum atomic E-state index is 14.0. The number of carbonyl (C=O) groups is 13. The first-order chi connectivity index (χ1) is 39.5. The molecule has 0 saturated heterocycles. The van der Waals surface area contributed by atoms with Crippen LogP contribution in [0.1, 0.15) is 76.3 Å². The number of thiol groups is 2. The standard InChI is InChI=1S/C51H74N12O19S2/c1-24(42(72)61-36(22-83)48(78)60-35(51(81)82)20-27-8-12-29(66)13-9-27)55-44(74)32(14-16-38(54)67)57-45(75)31(5-3-4-18-52)56-46(76)33(15-17-39(68)69)58-47(77)34(21-40(70)71)59-50(80)41(25(2)64)63-49(79)37(23-84)62-43(73)30(53)19-26-6-10-28(65)11-7-26/h6-13,24-25,30-37,41,64-66,83-84H,3-5,14-23,52-53H2,1-2H3,(H2,54,67)(H,55,74)(H,56,76)(H,57,75)(H,58,77)(H,59,80)(H,60,78)(H,61,72)(H,62,73)(H,63,79)(H,68,69)(H,70,71)(H,81,82)/t24-,25+,30-,31-,32-,33-,34-,35-,36-,37-,41-/m0/s1. The van der Waals surface area contributed by atoms with Gasteiger partial charge in [-0.05, 0) is 94.3 Å². The van der Waals surface area contributed by atoms with Gasteiger partial charge in [0.2, 0.25) is 59.1 Å². The number of aromatic hydroxyl groups is 2. The summed E-state index contributed by atoms with van der Waals surface area (Å²) in [5.41, 5.74) is 18.0. The van der Waals surface area contributed by atoms with Crippen LogP contribution in [-0.4, -0.2) is 192 Å². The van der Waals surface area contributed by atoms with Crippen LogP contribution in [0.15, 0.2) is 48.5 Å². The summed E-state index contributed by atoms with van der Waals surface area (Å²) < 4.78 is 0. The number of aliphatic hydroxyl groups is 1. The number of carbonyl (C=O) groups excluding carboxylic acids is 10. The smallest absolute Gasteiger partial charge is 0.326 e. The number of nitrogens with two attached hydrogens (primary N) is 3. The molecule has 0 aromatic heterocycles. The van der Waals surface area contributed by atoms with E-state index in [1.807, 2.05) is 0 Å². The van der Waals surface area contributed by atoms with Crippen molar-refractivity contribution in [3.63, 3.8) is 0 Å². The second-order valence-electron chi connectivity index (χ2n) is 19.3. The minimum Gasteiger partial charge on any atom is -0.508 e. The normalized spacial score (nSPS) is 14.9. The zero-order chi connectivity index (χ0) is 63.4. The van der Waals surface area contributed by atoms with E-state index in [1.54, 1.807) is 0 Å². The first kappa shape index (κ1) is 71.8. The minimum absolute atomic E-state index is 0.0216. The summed E-state index contributed by atoms with van der Waals surface area (Å²) in [4.78, 5) is 170. The lowest BCUT2D eigenvalue weighted by atomic mass is 10.0. The van der Waals surface area contributed by atoms with Gasteiger partial charge in [0.15, 0.2) is 0 Å². The van der Waals surface area contributed by atoms with Gasteiger partial charge in [0.25, 0.3) is 0 Å². The van der Waals surface area contributed by atoms with Crippen LogP contribution in [-0.2, 0) is 75.2 Å². The van der Waals surface area contributed by atoms with Crippen LogP contribution in [0.4, 0.5) is 0 Å². The van der Waals surface area contributed by atoms with Crippen molar-refractivity contribution in [3.8, 4) is 11.5 Å². The number of amides is 10. The first-order valence-corrected chi connectivity index (χ1v) is 27.4. The monoisotopic (exact) mass is 1220 g/mol. The van der Waals surface area contributed by atoms with Crippen LogP contribution in [0.2, 0.25) is 0 Å². The molecule has 11 atom stereocenters. The van der Waals surface area contributed by atoms with E-state index in [9.17, 15) is 93.0 Å². The number of nitrogens with one attached hydrogen (secondary N) is 9. The third kappa shape index (κ3) is 25.9. The topological polar surface area (TPSA) is 530 Å². The molecule has 0 saturated carbocycles. The molecule has 0 radical (unpaired) electrons. The Morgan fingerprint density at radius 2 is 0.881 bits per heavy atom. The molecular formula is C51H74N12O19S2. The molecule has 33 heteroatoms. The van der Waals surface area contributed by atoms with E-state index >= 15 is 0 Å². The van der Waals surface area contributed by atoms with Crippen molar-refractivity contribution in [3.05, 3.63) is 59.7 Å². The Hall–Kier alpha value is -8.27. The number of primary amides is 1. The highest BCUT2D eigenvalue weighted by Crippen LogP contribution is 2.14. The number of carboxylic acid groups (broad SMARTS) is 3. The summed E-state index contributed by atoms with van der Waals surface area (Å²) in [5, 5.41) is 79.2. The van der Waals surface area contributed by atoms with E-state index in [0.29, 0.717) is 11.1 Å². The average Bonchev–Trinajstić information content (AvgIpc) is 3.55. The number of hydrogen-bond donors (Lipinski definition) is 20. The fourth-order valence-electron chi connectivity index (χ4n) is 7.64. The van der Waals surface area contributed by atoms with Crippen LogP contribution in [0.25, 0.3) is 0 Å². The van der Waals surface area contributed by atoms with Gasteiger partial charge in [-0.2, -0.15) is 25.3 Å². The molecule has 2 aromatic rings. The second-order valence-corrected chi connectivity index (χ2v) is 20.0. The Kier molecular flexibility index (Phi) is 31.1. The van der Waals surface area contributed by atoms with Gasteiger partial charge < -0.3 is 95.7 Å². The number of aliphatic hydroxyl groups excluding tert-OH is 1. The molecule has 0 aliphatic carbocycles. The number of aliphatic carboxylic acids is 3. The van der Waals surface area contributed by atoms with Gasteiger partial charge in [-0.25, -0.2) is 4.79 Å². The van der Waals surface area contributed by atoms with Crippen molar-refractivity contribution in [1.29, 1.82) is 0 Å². The van der Waals surface area contributed by atoms with Crippen LogP contribution in [0.3, 0.4) is 0 Å². The molecule has 0 bridgehead atoms. The van der Waals surface area contributed by atoms with Crippen LogP contribution < -0.4 is 65.1 Å². The largest absolute Gasteiger partial charge is 0.508 e. The molecule has 464 valence electrons. The molecule has 0 fully saturated rings. The Bertz CT molecular complexity index is 2640. The highest BCUT2D eigenvalue weighted by molar-refractivity contribution is 7.80. The number of rotatable bonds is 38. The number of unbranched alkanes of at least 4 members (excludes halogenated alkanes) is 1. The van der Waals surface area contributed by atoms with Gasteiger partial charge in [-0.3, -0.25) is 57.5 Å². The predicted octanol–water partition coefficient (Wildman–Crippen LogP) is -5.35. The van der Waals surface area contributed by atoms with E-state index in [2.05, 4.69) is 73.1 Å². The molecule has 2 rings (SSSR count). The molecule has 0 spiro atoms. The lowest BCUT2D eigenvalue weighted by Gasteiger charge is -2.28. The number of phenolic OH excluding ortho intramolecular Hbond substituents is 2. The second kappa shape index (κ2) is 36.3. The van der Waals surface area contributed by atoms with E-state index in [0.717, 1.165) is 6.92 Å². The summed E-state index contributed by atoms with van der Waals surface area (Å²) in [5.74, 6) is -16.4. The molecule has 2 aromatic carbocycles. The molecule has 21 N–H and O–H groups in total. The van der Waals surface area contributed by atoms with Gasteiger partial charge in [0.05, 0.1) is 18.6 Å². The van der Waals surface area contributed by atoms with Crippen LogP contribution >= 0.6 is 25.3 Å². The van der Waals surface area contributed by atoms with Crippen LogP contribution in [0, 0.1) is 0 Å². The molecular weight excluding hydrogens is 1150 g/mol. The first-order valence-electron chi connectivity index (χ1n) is 26.1. The Labute approximate surface area is 492 Å². The molecule has 0 aliphatic rings. The minimum atomic E-state index is -2.10. The van der Waals surface area contributed by atoms with Crippen molar-refractivity contribution in [2.24, 2.45) is 17.2 Å². The highest BCUT2D eigenvalue weighted by Gasteiger charge is 2.37. The van der Waals surface area contributed by atoms with Crippen LogP contribution in [0.5, 0.6) is 11.5 Å². The fourth-order valence-corrected chi connectivity index (χ4v) is 8.15. The van der Waals surface area contributed by atoms with E-state index in [-0.39, 0.29) is 61.7 Å². The highest BCUT2D eigenvalue weighted by atomic mass is 32.1. The molecule has 31 nitrogen and oxygen atoms in total. The third-order valence-electron chi connectivity index (χ3n) is 12.3. The molecule has 0 unspecified atom stereocenters. The molecule has 84 heavy (non-hydrogen) atoms. The van der Waals surface area contributed by atoms with Crippen molar-refractivity contribution in [1.82, 2.24) is 47.9 Å². The number of benzene rings is 2. The summed E-state index contributed by atoms with van der Waals surface area (Å²) >= 11 is 8.17. The predicted molar refractivity (Wildman–Crippen MR) is 302 cm³/mol. The van der Waals surface area contributed by atoms with Crippen molar-refractivity contribution in [2.75, 3.05) is 18.1 Å². The maximum absolute atomic E-state index is 14.0. The zero-order valence-corrected chi connectivity index (χ0v) is 47.6. The van der Waals surface area contributed by atoms with Crippen molar-refractivity contribution in [2.45, 2.75) is 145 Å². The third-order valence-corrected chi connectivity index (χ3v) is 13.1. The van der Waals surface area contributed by atoms with E-state index < -0.39 is 176 Å². The zero-order valence-electron chi connectivity index (χ0n) is 45.8. The van der Waals surface area contributed by atoms with E-state index in [4.69, 9.17) is 17.2 Å². The summed E-state index contributed by atoms with van der Waals surface area (Å²) in [6.07, 6.45) is -5.53. The number of carboxylic acids is 3.